The maximum Gasteiger partial charge on any atom is 0.472 e. The maximum atomic E-state index is 12.6. The van der Waals surface area contributed by atoms with Crippen molar-refractivity contribution in [2.45, 2.75) is 167 Å². The molecule has 3 atom stereocenters. The van der Waals surface area contributed by atoms with Gasteiger partial charge in [-0.25, -0.2) is 4.57 Å². The molecule has 0 aromatic rings. The highest BCUT2D eigenvalue weighted by Crippen LogP contribution is 2.43. The summed E-state index contributed by atoms with van der Waals surface area (Å²) in [5, 5.41) is 8.88. The third kappa shape index (κ3) is 37.8. The zero-order chi connectivity index (χ0) is 39.1. The van der Waals surface area contributed by atoms with Crippen molar-refractivity contribution >= 4 is 19.8 Å². The molecule has 11 heteroatoms. The van der Waals surface area contributed by atoms with E-state index in [2.05, 4.69) is 74.6 Å². The topological polar surface area (TPSA) is 155 Å². The lowest BCUT2D eigenvalue weighted by molar-refractivity contribution is -0.154. The SMILES string of the molecule is CC/C=C\C/C=C\C/C=C\C/C=C\CCCCCCCOCC(COP(=O)(O)OCC(N)C(=O)O)OC(=O)CCCCCCC/C=C\CCCCCC. The minimum absolute atomic E-state index is 0.00165. The van der Waals surface area contributed by atoms with Crippen LogP contribution in [0.25, 0.3) is 0 Å². The zero-order valence-electron chi connectivity index (χ0n) is 33.1. The van der Waals surface area contributed by atoms with Gasteiger partial charge in [-0.05, 0) is 77.0 Å². The van der Waals surface area contributed by atoms with Gasteiger partial charge in [0.2, 0.25) is 0 Å². The predicted octanol–water partition coefficient (Wildman–Crippen LogP) is 10.9. The van der Waals surface area contributed by atoms with Crippen LogP contribution in [0.5, 0.6) is 0 Å². The van der Waals surface area contributed by atoms with Gasteiger partial charge in [-0.15, -0.1) is 0 Å². The Morgan fingerprint density at radius 3 is 1.66 bits per heavy atom. The first kappa shape index (κ1) is 50.7. The molecule has 0 aromatic carbocycles. The van der Waals surface area contributed by atoms with E-state index in [0.29, 0.717) is 13.0 Å². The maximum absolute atomic E-state index is 12.6. The molecule has 3 unspecified atom stereocenters. The van der Waals surface area contributed by atoms with Crippen LogP contribution in [0.3, 0.4) is 0 Å². The Hall–Kier alpha value is -2.33. The molecule has 0 aliphatic rings. The van der Waals surface area contributed by atoms with Crippen LogP contribution in [-0.2, 0) is 32.7 Å². The number of carboxylic acid groups (broad SMARTS) is 1. The Balaban J connectivity index is 4.33. The lowest BCUT2D eigenvalue weighted by atomic mass is 10.1. The van der Waals surface area contributed by atoms with Crippen LogP contribution in [0, 0.1) is 0 Å². The van der Waals surface area contributed by atoms with Gasteiger partial charge < -0.3 is 25.2 Å². The van der Waals surface area contributed by atoms with Gasteiger partial charge >= 0.3 is 19.8 Å². The van der Waals surface area contributed by atoms with Gasteiger partial charge in [0.25, 0.3) is 0 Å². The summed E-state index contributed by atoms with van der Waals surface area (Å²) in [5.41, 5.74) is 5.34. The lowest BCUT2D eigenvalue weighted by Gasteiger charge is -2.20. The molecule has 0 radical (unpaired) electrons. The molecule has 0 rings (SSSR count). The smallest absolute Gasteiger partial charge is 0.472 e. The van der Waals surface area contributed by atoms with E-state index in [-0.39, 0.29) is 13.0 Å². The average molecular weight is 768 g/mol. The van der Waals surface area contributed by atoms with Crippen molar-refractivity contribution in [1.29, 1.82) is 0 Å². The molecule has 4 N–H and O–H groups in total. The number of carbonyl (C=O) groups is 2. The predicted molar refractivity (Wildman–Crippen MR) is 217 cm³/mol. The van der Waals surface area contributed by atoms with Crippen LogP contribution < -0.4 is 5.73 Å². The van der Waals surface area contributed by atoms with E-state index in [1.54, 1.807) is 0 Å². The highest BCUT2D eigenvalue weighted by Gasteiger charge is 2.27. The first-order valence-corrected chi connectivity index (χ1v) is 21.8. The van der Waals surface area contributed by atoms with E-state index >= 15 is 0 Å². The first-order valence-electron chi connectivity index (χ1n) is 20.3. The van der Waals surface area contributed by atoms with Gasteiger partial charge in [-0.1, -0.05) is 132 Å². The fourth-order valence-corrected chi connectivity index (χ4v) is 5.90. The van der Waals surface area contributed by atoms with Gasteiger partial charge in [0, 0.05) is 13.0 Å². The number of phosphoric ester groups is 1. The summed E-state index contributed by atoms with van der Waals surface area (Å²) < 4.78 is 33.2. The van der Waals surface area contributed by atoms with E-state index in [0.717, 1.165) is 103 Å². The lowest BCUT2D eigenvalue weighted by Crippen LogP contribution is -2.34. The molecular weight excluding hydrogens is 693 g/mol. The van der Waals surface area contributed by atoms with Gasteiger partial charge in [0.15, 0.2) is 0 Å². The fourth-order valence-electron chi connectivity index (χ4n) is 5.12. The Morgan fingerprint density at radius 1 is 0.623 bits per heavy atom. The highest BCUT2D eigenvalue weighted by molar-refractivity contribution is 7.47. The number of aliphatic carboxylic acids is 1. The van der Waals surface area contributed by atoms with Crippen molar-refractivity contribution in [2.24, 2.45) is 5.73 Å². The van der Waals surface area contributed by atoms with E-state index in [1.165, 1.54) is 25.7 Å². The number of allylic oxidation sites excluding steroid dienone is 10. The molecule has 53 heavy (non-hydrogen) atoms. The Bertz CT molecular complexity index is 1070. The molecule has 0 spiro atoms. The van der Waals surface area contributed by atoms with Crippen LogP contribution in [0.4, 0.5) is 0 Å². The van der Waals surface area contributed by atoms with Gasteiger partial charge in [-0.2, -0.15) is 0 Å². The molecule has 10 nitrogen and oxygen atoms in total. The molecule has 0 aromatic heterocycles. The molecule has 0 saturated carbocycles. The quantitative estimate of drug-likeness (QED) is 0.0239. The summed E-state index contributed by atoms with van der Waals surface area (Å²) in [7, 11) is -4.62. The number of nitrogens with two attached hydrogens (primary N) is 1. The molecule has 306 valence electrons. The summed E-state index contributed by atoms with van der Waals surface area (Å²) in [6.07, 6.45) is 44.1. The Morgan fingerprint density at radius 2 is 1.09 bits per heavy atom. The second kappa shape index (κ2) is 38.0. The van der Waals surface area contributed by atoms with E-state index in [4.69, 9.17) is 29.4 Å². The second-order valence-electron chi connectivity index (χ2n) is 13.4. The number of ether oxygens (including phenoxy) is 2. The second-order valence-corrected chi connectivity index (χ2v) is 14.8. The van der Waals surface area contributed by atoms with Crippen molar-refractivity contribution < 1.29 is 42.7 Å². The number of unbranched alkanes of at least 4 members (excludes halogenated alkanes) is 14. The fraction of sp³-hybridized carbons (Fsp3) is 0.714. The highest BCUT2D eigenvalue weighted by atomic mass is 31.2. The molecule has 0 fully saturated rings. The number of phosphoric acid groups is 1. The third-order valence-corrected chi connectivity index (χ3v) is 9.23. The molecule has 0 aliphatic carbocycles. The Labute approximate surface area is 322 Å². The third-order valence-electron chi connectivity index (χ3n) is 8.28. The number of hydrogen-bond acceptors (Lipinski definition) is 8. The van der Waals surface area contributed by atoms with E-state index < -0.39 is 45.1 Å². The van der Waals surface area contributed by atoms with Crippen molar-refractivity contribution in [3.8, 4) is 0 Å². The molecular formula is C42H74NO9P. The summed E-state index contributed by atoms with van der Waals surface area (Å²) in [6.45, 7) is 3.68. The summed E-state index contributed by atoms with van der Waals surface area (Å²) in [4.78, 5) is 33.4. The number of carboxylic acids is 1. The van der Waals surface area contributed by atoms with E-state index in [1.807, 2.05) is 0 Å². The van der Waals surface area contributed by atoms with Crippen LogP contribution >= 0.6 is 7.82 Å². The average Bonchev–Trinajstić information content (AvgIpc) is 3.13. The molecule has 0 heterocycles. The normalized spacial score (nSPS) is 14.6. The molecule has 0 amide bonds. The molecule has 0 saturated heterocycles. The number of carbonyl (C=O) groups excluding carboxylic acids is 1. The number of rotatable bonds is 38. The minimum Gasteiger partial charge on any atom is -0.480 e. The van der Waals surface area contributed by atoms with Gasteiger partial charge in [-0.3, -0.25) is 18.6 Å². The van der Waals surface area contributed by atoms with Gasteiger partial charge in [0.05, 0.1) is 19.8 Å². The summed E-state index contributed by atoms with van der Waals surface area (Å²) >= 11 is 0. The van der Waals surface area contributed by atoms with Gasteiger partial charge in [0.1, 0.15) is 12.1 Å². The Kier molecular flexibility index (Phi) is 36.3. The zero-order valence-corrected chi connectivity index (χ0v) is 34.0. The molecule has 0 bridgehead atoms. The van der Waals surface area contributed by atoms with Crippen LogP contribution in [0.2, 0.25) is 0 Å². The van der Waals surface area contributed by atoms with Crippen molar-refractivity contribution in [3.63, 3.8) is 0 Å². The number of hydrogen-bond donors (Lipinski definition) is 3. The first-order chi connectivity index (χ1) is 25.7. The van der Waals surface area contributed by atoms with Crippen LogP contribution in [-0.4, -0.2) is 60.5 Å². The molecule has 0 aliphatic heterocycles. The van der Waals surface area contributed by atoms with Crippen molar-refractivity contribution in [3.05, 3.63) is 60.8 Å². The van der Waals surface area contributed by atoms with E-state index in [9.17, 15) is 19.0 Å². The van der Waals surface area contributed by atoms with Crippen LogP contribution in [0.1, 0.15) is 155 Å². The number of esters is 1. The van der Waals surface area contributed by atoms with Crippen LogP contribution in [0.15, 0.2) is 60.8 Å². The minimum atomic E-state index is -4.62. The van der Waals surface area contributed by atoms with Crippen molar-refractivity contribution in [1.82, 2.24) is 0 Å². The van der Waals surface area contributed by atoms with Crippen molar-refractivity contribution in [2.75, 3.05) is 26.4 Å². The summed E-state index contributed by atoms with van der Waals surface area (Å²) in [5.74, 6) is -1.80. The monoisotopic (exact) mass is 768 g/mol. The largest absolute Gasteiger partial charge is 0.480 e. The standard InChI is InChI=1S/C42H74NO9P/c1-3-5-7-9-11-13-15-17-18-19-20-21-23-25-27-29-31-33-35-49-36-39(37-50-53(47,48)51-38-40(43)42(45)46)52-41(44)34-32-30-28-26-24-22-16-14-12-10-8-6-4-2/h5,7,11,13-14,16-18,20-21,39-40H,3-4,6,8-10,12,15,19,22-38,43H2,1-2H3,(H,45,46)(H,47,48)/b7-5-,13-11-,16-14-,18-17-,21-20-. The summed E-state index contributed by atoms with van der Waals surface area (Å²) in [6, 6.07) is -1.48.